The van der Waals surface area contributed by atoms with Crippen LogP contribution in [0.5, 0.6) is 0 Å². The molecule has 1 unspecified atom stereocenters. The minimum absolute atomic E-state index is 0.0699. The fraction of sp³-hybridized carbons (Fsp3) is 0.562. The van der Waals surface area contributed by atoms with Gasteiger partial charge in [-0.2, -0.15) is 0 Å². The van der Waals surface area contributed by atoms with Crippen molar-refractivity contribution in [3.63, 3.8) is 0 Å². The van der Waals surface area contributed by atoms with E-state index in [-0.39, 0.29) is 5.91 Å². The van der Waals surface area contributed by atoms with Crippen LogP contribution in [0.4, 0.5) is 11.8 Å². The quantitative estimate of drug-likeness (QED) is 0.828. The molecule has 2 aliphatic heterocycles. The largest absolute Gasteiger partial charge is 0.356 e. The third-order valence-electron chi connectivity index (χ3n) is 4.72. The van der Waals surface area contributed by atoms with Crippen molar-refractivity contribution < 1.29 is 4.79 Å². The van der Waals surface area contributed by atoms with E-state index in [1.165, 1.54) is 12.8 Å². The highest BCUT2D eigenvalue weighted by atomic mass is 16.2. The predicted octanol–water partition coefficient (Wildman–Crippen LogP) is 1.35. The van der Waals surface area contributed by atoms with Crippen molar-refractivity contribution in [3.05, 3.63) is 23.9 Å². The zero-order valence-electron chi connectivity index (χ0n) is 13.8. The Morgan fingerprint density at radius 2 is 2.17 bits per heavy atom. The molecule has 1 atom stereocenters. The number of aryl methyl sites for hydroxylation is 1. The lowest BCUT2D eigenvalue weighted by Crippen LogP contribution is -2.38. The zero-order valence-corrected chi connectivity index (χ0v) is 13.8. The number of carbonyl (C=O) groups excluding carboxylic acids is 1. The molecule has 8 nitrogen and oxygen atoms in total. The van der Waals surface area contributed by atoms with Crippen LogP contribution < -0.4 is 9.80 Å². The summed E-state index contributed by atoms with van der Waals surface area (Å²) >= 11 is 0. The van der Waals surface area contributed by atoms with Gasteiger partial charge in [0.1, 0.15) is 5.82 Å². The van der Waals surface area contributed by atoms with Crippen LogP contribution in [-0.2, 0) is 6.54 Å². The zero-order chi connectivity index (χ0) is 16.5. The first-order valence-corrected chi connectivity index (χ1v) is 8.51. The summed E-state index contributed by atoms with van der Waals surface area (Å²) in [7, 11) is 0. The van der Waals surface area contributed by atoms with E-state index in [1.807, 2.05) is 6.07 Å². The monoisotopic (exact) mass is 327 g/mol. The second-order valence-corrected chi connectivity index (χ2v) is 6.61. The van der Waals surface area contributed by atoms with Gasteiger partial charge in [-0.25, -0.2) is 9.67 Å². The Morgan fingerprint density at radius 1 is 1.25 bits per heavy atom. The highest BCUT2D eigenvalue weighted by Crippen LogP contribution is 2.24. The molecule has 8 heteroatoms. The Morgan fingerprint density at radius 3 is 3.04 bits per heavy atom. The lowest BCUT2D eigenvalue weighted by molar-refractivity contribution is 0.0980. The molecule has 0 aromatic carbocycles. The fourth-order valence-corrected chi connectivity index (χ4v) is 3.49. The molecule has 0 saturated carbocycles. The number of rotatable bonds is 2. The normalized spacial score (nSPS) is 20.8. The van der Waals surface area contributed by atoms with Crippen molar-refractivity contribution in [1.29, 1.82) is 0 Å². The molecule has 4 rings (SSSR count). The molecule has 1 amide bonds. The molecule has 2 aliphatic rings. The van der Waals surface area contributed by atoms with Crippen LogP contribution >= 0.6 is 0 Å². The summed E-state index contributed by atoms with van der Waals surface area (Å²) in [5.41, 5.74) is 0.634. The van der Waals surface area contributed by atoms with Crippen molar-refractivity contribution in [2.75, 3.05) is 29.4 Å². The van der Waals surface area contributed by atoms with Crippen LogP contribution in [0.25, 0.3) is 0 Å². The number of pyridine rings is 1. The van der Waals surface area contributed by atoms with Gasteiger partial charge in [0.05, 0.1) is 0 Å². The summed E-state index contributed by atoms with van der Waals surface area (Å²) in [6, 6.07) is 3.66. The van der Waals surface area contributed by atoms with Gasteiger partial charge in [-0.15, -0.1) is 0 Å². The van der Waals surface area contributed by atoms with Gasteiger partial charge < -0.3 is 4.90 Å². The molecule has 0 bridgehead atoms. The average molecular weight is 327 g/mol. The Kier molecular flexibility index (Phi) is 3.87. The van der Waals surface area contributed by atoms with Gasteiger partial charge in [0.25, 0.3) is 11.9 Å². The number of hydrogen-bond acceptors (Lipinski definition) is 6. The molecular formula is C16H21N7O. The molecule has 2 aromatic rings. The number of aromatic nitrogens is 5. The molecule has 2 aromatic heterocycles. The Hall–Kier alpha value is -2.51. The Balaban J connectivity index is 1.59. The number of anilines is 2. The van der Waals surface area contributed by atoms with Crippen molar-refractivity contribution in [2.24, 2.45) is 5.92 Å². The summed E-state index contributed by atoms with van der Waals surface area (Å²) < 4.78 is 1.68. The number of carbonyl (C=O) groups is 1. The van der Waals surface area contributed by atoms with Gasteiger partial charge in [-0.3, -0.25) is 9.69 Å². The molecule has 1 fully saturated rings. The number of nitrogens with zero attached hydrogens (tertiary/aromatic N) is 7. The van der Waals surface area contributed by atoms with E-state index in [9.17, 15) is 4.79 Å². The molecule has 0 N–H and O–H groups in total. The van der Waals surface area contributed by atoms with E-state index in [0.29, 0.717) is 24.0 Å². The first-order chi connectivity index (χ1) is 11.7. The number of amides is 1. The van der Waals surface area contributed by atoms with Crippen LogP contribution in [0.2, 0.25) is 0 Å². The highest BCUT2D eigenvalue weighted by molar-refractivity contribution is 6.05. The van der Waals surface area contributed by atoms with Gasteiger partial charge in [0.15, 0.2) is 0 Å². The second kappa shape index (κ2) is 6.18. The van der Waals surface area contributed by atoms with Gasteiger partial charge in [-0.1, -0.05) is 12.0 Å². The Bertz CT molecular complexity index is 744. The molecular weight excluding hydrogens is 306 g/mol. The summed E-state index contributed by atoms with van der Waals surface area (Å²) in [6.07, 6.45) is 4.99. The average Bonchev–Trinajstić information content (AvgIpc) is 3.10. The van der Waals surface area contributed by atoms with Gasteiger partial charge in [0.2, 0.25) is 0 Å². The van der Waals surface area contributed by atoms with Crippen LogP contribution in [0, 0.1) is 5.92 Å². The SMILES string of the molecule is CC1CCCN(c2cc(C(=O)N3CCCn4nnnc43)ccn2)C1. The number of fused-ring (bicyclic) bond motifs is 1. The van der Waals surface area contributed by atoms with E-state index in [4.69, 9.17) is 0 Å². The first kappa shape index (κ1) is 15.0. The van der Waals surface area contributed by atoms with Gasteiger partial charge >= 0.3 is 0 Å². The number of hydrogen-bond donors (Lipinski definition) is 0. The van der Waals surface area contributed by atoms with Crippen molar-refractivity contribution in [2.45, 2.75) is 32.7 Å². The molecule has 4 heterocycles. The minimum Gasteiger partial charge on any atom is -0.356 e. The second-order valence-electron chi connectivity index (χ2n) is 6.61. The summed E-state index contributed by atoms with van der Waals surface area (Å²) in [6.45, 7) is 5.63. The van der Waals surface area contributed by atoms with Crippen LogP contribution in [0.3, 0.4) is 0 Å². The lowest BCUT2D eigenvalue weighted by Gasteiger charge is -2.32. The summed E-state index contributed by atoms with van der Waals surface area (Å²) in [5, 5.41) is 11.6. The highest BCUT2D eigenvalue weighted by Gasteiger charge is 2.27. The smallest absolute Gasteiger partial charge is 0.260 e. The van der Waals surface area contributed by atoms with E-state index >= 15 is 0 Å². The summed E-state index contributed by atoms with van der Waals surface area (Å²) in [4.78, 5) is 21.3. The van der Waals surface area contributed by atoms with E-state index < -0.39 is 0 Å². The maximum Gasteiger partial charge on any atom is 0.260 e. The van der Waals surface area contributed by atoms with Gasteiger partial charge in [0, 0.05) is 37.9 Å². The van der Waals surface area contributed by atoms with Gasteiger partial charge in [-0.05, 0) is 47.7 Å². The molecule has 0 radical (unpaired) electrons. The molecule has 126 valence electrons. The third-order valence-corrected chi connectivity index (χ3v) is 4.72. The first-order valence-electron chi connectivity index (χ1n) is 8.51. The molecule has 0 aliphatic carbocycles. The number of tetrazole rings is 1. The third kappa shape index (κ3) is 2.72. The van der Waals surface area contributed by atoms with Crippen LogP contribution in [0.15, 0.2) is 18.3 Å². The summed E-state index contributed by atoms with van der Waals surface area (Å²) in [5.74, 6) is 1.99. The van der Waals surface area contributed by atoms with Crippen LogP contribution in [-0.4, -0.2) is 50.7 Å². The molecule has 1 saturated heterocycles. The van der Waals surface area contributed by atoms with E-state index in [2.05, 4.69) is 32.3 Å². The standard InChI is InChI=1S/C16H21N7O/c1-12-4-2-7-21(11-12)14-10-13(5-6-17-14)15(24)22-8-3-9-23-16(22)18-19-20-23/h5-6,10,12H,2-4,7-9,11H2,1H3. The Labute approximate surface area is 140 Å². The van der Waals surface area contributed by atoms with Crippen LogP contribution in [0.1, 0.15) is 36.5 Å². The maximum absolute atomic E-state index is 12.9. The predicted molar refractivity (Wildman–Crippen MR) is 89.0 cm³/mol. The number of piperidine rings is 1. The minimum atomic E-state index is -0.0699. The van der Waals surface area contributed by atoms with E-state index in [0.717, 1.165) is 31.9 Å². The maximum atomic E-state index is 12.9. The van der Waals surface area contributed by atoms with E-state index in [1.54, 1.807) is 21.8 Å². The van der Waals surface area contributed by atoms with Crippen molar-refractivity contribution in [3.8, 4) is 0 Å². The topological polar surface area (TPSA) is 80.0 Å². The van der Waals surface area contributed by atoms with Crippen molar-refractivity contribution in [1.82, 2.24) is 25.2 Å². The fourth-order valence-electron chi connectivity index (χ4n) is 3.49. The molecule has 0 spiro atoms. The molecule has 24 heavy (non-hydrogen) atoms. The lowest BCUT2D eigenvalue weighted by atomic mass is 10.0. The van der Waals surface area contributed by atoms with Crippen molar-refractivity contribution >= 4 is 17.7 Å².